The molecule has 2 heterocycles. The van der Waals surface area contributed by atoms with Gasteiger partial charge in [-0.3, -0.25) is 4.79 Å². The Morgan fingerprint density at radius 1 is 1.20 bits per heavy atom. The van der Waals surface area contributed by atoms with Crippen LogP contribution in [0, 0.1) is 0 Å². The number of morpholine rings is 1. The molecular formula is C17H25N3O4S. The summed E-state index contributed by atoms with van der Waals surface area (Å²) < 4.78 is 32.2. The van der Waals surface area contributed by atoms with E-state index in [1.165, 1.54) is 0 Å². The van der Waals surface area contributed by atoms with Gasteiger partial charge in [-0.15, -0.1) is 0 Å². The molecule has 2 N–H and O–H groups in total. The van der Waals surface area contributed by atoms with Crippen LogP contribution in [-0.4, -0.2) is 57.5 Å². The first kappa shape index (κ1) is 18.3. The summed E-state index contributed by atoms with van der Waals surface area (Å²) in [6.07, 6.45) is 2.46. The molecular weight excluding hydrogens is 342 g/mol. The Labute approximate surface area is 148 Å². The number of amides is 1. The SMILES string of the molecule is O=C(NCc1ccc(S(=O)(=O)N2CCCCC2)cc1)C1CNCCO1. The molecule has 8 heteroatoms. The van der Waals surface area contributed by atoms with Crippen LogP contribution < -0.4 is 10.6 Å². The number of rotatable bonds is 5. The zero-order chi connectivity index (χ0) is 17.7. The molecule has 2 fully saturated rings. The molecule has 2 aliphatic heterocycles. The van der Waals surface area contributed by atoms with E-state index >= 15 is 0 Å². The molecule has 0 aromatic heterocycles. The van der Waals surface area contributed by atoms with Gasteiger partial charge in [0.15, 0.2) is 0 Å². The molecule has 1 unspecified atom stereocenters. The predicted octanol–water partition coefficient (Wildman–Crippen LogP) is 0.466. The van der Waals surface area contributed by atoms with Crippen molar-refractivity contribution in [2.45, 2.75) is 36.8 Å². The van der Waals surface area contributed by atoms with Gasteiger partial charge in [0.05, 0.1) is 11.5 Å². The number of ether oxygens (including phenoxy) is 1. The van der Waals surface area contributed by atoms with Crippen molar-refractivity contribution in [3.63, 3.8) is 0 Å². The molecule has 2 saturated heterocycles. The second-order valence-corrected chi connectivity index (χ2v) is 8.33. The second-order valence-electron chi connectivity index (χ2n) is 6.39. The Kier molecular flexibility index (Phi) is 6.06. The Morgan fingerprint density at radius 2 is 1.92 bits per heavy atom. The van der Waals surface area contributed by atoms with Crippen LogP contribution >= 0.6 is 0 Å². The smallest absolute Gasteiger partial charge is 0.250 e. The van der Waals surface area contributed by atoms with Crippen molar-refractivity contribution in [3.8, 4) is 0 Å². The molecule has 0 aliphatic carbocycles. The minimum Gasteiger partial charge on any atom is -0.366 e. The number of benzene rings is 1. The molecule has 0 bridgehead atoms. The third-order valence-corrected chi connectivity index (χ3v) is 6.48. The summed E-state index contributed by atoms with van der Waals surface area (Å²) in [6.45, 7) is 3.34. The van der Waals surface area contributed by atoms with Crippen LogP contribution in [0.2, 0.25) is 0 Å². The molecule has 2 aliphatic rings. The molecule has 0 spiro atoms. The highest BCUT2D eigenvalue weighted by Crippen LogP contribution is 2.20. The lowest BCUT2D eigenvalue weighted by Crippen LogP contribution is -2.47. The second kappa shape index (κ2) is 8.27. The quantitative estimate of drug-likeness (QED) is 0.790. The van der Waals surface area contributed by atoms with Gasteiger partial charge >= 0.3 is 0 Å². The van der Waals surface area contributed by atoms with Crippen LogP contribution in [-0.2, 0) is 26.1 Å². The number of nitrogens with one attached hydrogen (secondary N) is 2. The predicted molar refractivity (Wildman–Crippen MR) is 93.5 cm³/mol. The summed E-state index contributed by atoms with van der Waals surface area (Å²) in [5.74, 6) is -0.155. The van der Waals surface area contributed by atoms with E-state index in [0.717, 1.165) is 31.4 Å². The van der Waals surface area contributed by atoms with Crippen LogP contribution in [0.15, 0.2) is 29.2 Å². The monoisotopic (exact) mass is 367 g/mol. The van der Waals surface area contributed by atoms with Crippen LogP contribution in [0.25, 0.3) is 0 Å². The van der Waals surface area contributed by atoms with E-state index < -0.39 is 16.1 Å². The molecule has 3 rings (SSSR count). The van der Waals surface area contributed by atoms with Gasteiger partial charge in [-0.25, -0.2) is 8.42 Å². The van der Waals surface area contributed by atoms with Crippen LogP contribution in [0.5, 0.6) is 0 Å². The van der Waals surface area contributed by atoms with E-state index in [0.29, 0.717) is 37.7 Å². The molecule has 0 radical (unpaired) electrons. The molecule has 138 valence electrons. The van der Waals surface area contributed by atoms with Gasteiger partial charge < -0.3 is 15.4 Å². The van der Waals surface area contributed by atoms with Gasteiger partial charge in [-0.2, -0.15) is 4.31 Å². The third kappa shape index (κ3) is 4.58. The topological polar surface area (TPSA) is 87.7 Å². The first-order valence-corrected chi connectivity index (χ1v) is 10.2. The van der Waals surface area contributed by atoms with E-state index in [9.17, 15) is 13.2 Å². The van der Waals surface area contributed by atoms with Crippen molar-refractivity contribution >= 4 is 15.9 Å². The van der Waals surface area contributed by atoms with E-state index in [-0.39, 0.29) is 5.91 Å². The minimum absolute atomic E-state index is 0.155. The molecule has 1 aromatic carbocycles. The number of piperidine rings is 1. The standard InChI is InChI=1S/C17H25N3O4S/c21-17(16-13-18-8-11-24-16)19-12-14-4-6-15(7-5-14)25(22,23)20-9-2-1-3-10-20/h4-7,16,18H,1-3,8-13H2,(H,19,21). The zero-order valence-electron chi connectivity index (χ0n) is 14.2. The lowest BCUT2D eigenvalue weighted by atomic mass is 10.2. The van der Waals surface area contributed by atoms with E-state index in [2.05, 4.69) is 10.6 Å². The van der Waals surface area contributed by atoms with E-state index in [1.807, 2.05) is 0 Å². The van der Waals surface area contributed by atoms with Gasteiger partial charge in [0.25, 0.3) is 5.91 Å². The normalized spacial score (nSPS) is 22.5. The van der Waals surface area contributed by atoms with Crippen molar-refractivity contribution in [3.05, 3.63) is 29.8 Å². The fraction of sp³-hybridized carbons (Fsp3) is 0.588. The molecule has 0 saturated carbocycles. The first-order chi connectivity index (χ1) is 12.1. The van der Waals surface area contributed by atoms with Crippen molar-refractivity contribution in [2.75, 3.05) is 32.8 Å². The van der Waals surface area contributed by atoms with E-state index in [1.54, 1.807) is 28.6 Å². The Balaban J connectivity index is 1.57. The largest absolute Gasteiger partial charge is 0.366 e. The number of nitrogens with zero attached hydrogens (tertiary/aromatic N) is 1. The van der Waals surface area contributed by atoms with Crippen LogP contribution in [0.4, 0.5) is 0 Å². The van der Waals surface area contributed by atoms with Gasteiger partial charge in [-0.1, -0.05) is 18.6 Å². The maximum absolute atomic E-state index is 12.6. The summed E-state index contributed by atoms with van der Waals surface area (Å²) >= 11 is 0. The third-order valence-electron chi connectivity index (χ3n) is 4.56. The van der Waals surface area contributed by atoms with Crippen molar-refractivity contribution in [1.29, 1.82) is 0 Å². The maximum Gasteiger partial charge on any atom is 0.250 e. The molecule has 25 heavy (non-hydrogen) atoms. The van der Waals surface area contributed by atoms with E-state index in [4.69, 9.17) is 4.74 Å². The van der Waals surface area contributed by atoms with Gasteiger partial charge in [0, 0.05) is 32.7 Å². The summed E-state index contributed by atoms with van der Waals surface area (Å²) in [5, 5.41) is 5.94. The highest BCUT2D eigenvalue weighted by molar-refractivity contribution is 7.89. The number of sulfonamides is 1. The lowest BCUT2D eigenvalue weighted by molar-refractivity contribution is -0.134. The fourth-order valence-corrected chi connectivity index (χ4v) is 4.59. The Bertz CT molecular complexity index is 678. The van der Waals surface area contributed by atoms with Crippen molar-refractivity contribution in [1.82, 2.24) is 14.9 Å². The summed E-state index contributed by atoms with van der Waals surface area (Å²) in [6, 6.07) is 6.72. The molecule has 1 amide bonds. The number of carbonyl (C=O) groups is 1. The number of hydrogen-bond donors (Lipinski definition) is 2. The van der Waals surface area contributed by atoms with Crippen molar-refractivity contribution in [2.24, 2.45) is 0 Å². The van der Waals surface area contributed by atoms with Gasteiger partial charge in [0.2, 0.25) is 10.0 Å². The summed E-state index contributed by atoms with van der Waals surface area (Å²) in [5.41, 5.74) is 0.856. The average molecular weight is 367 g/mol. The molecule has 7 nitrogen and oxygen atoms in total. The van der Waals surface area contributed by atoms with Crippen LogP contribution in [0.1, 0.15) is 24.8 Å². The Morgan fingerprint density at radius 3 is 2.56 bits per heavy atom. The summed E-state index contributed by atoms with van der Waals surface area (Å²) in [7, 11) is -3.41. The average Bonchev–Trinajstić information content (AvgIpc) is 2.68. The van der Waals surface area contributed by atoms with Crippen LogP contribution in [0.3, 0.4) is 0 Å². The highest BCUT2D eigenvalue weighted by atomic mass is 32.2. The number of carbonyl (C=O) groups excluding carboxylic acids is 1. The van der Waals surface area contributed by atoms with Crippen molar-refractivity contribution < 1.29 is 17.9 Å². The first-order valence-electron chi connectivity index (χ1n) is 8.76. The maximum atomic E-state index is 12.6. The zero-order valence-corrected chi connectivity index (χ0v) is 15.1. The number of hydrogen-bond acceptors (Lipinski definition) is 5. The minimum atomic E-state index is -3.41. The fourth-order valence-electron chi connectivity index (χ4n) is 3.07. The van der Waals surface area contributed by atoms with Gasteiger partial charge in [0.1, 0.15) is 6.10 Å². The molecule has 1 atom stereocenters. The lowest BCUT2D eigenvalue weighted by Gasteiger charge is -2.26. The summed E-state index contributed by atoms with van der Waals surface area (Å²) in [4.78, 5) is 12.3. The van der Waals surface area contributed by atoms with Gasteiger partial charge in [-0.05, 0) is 30.5 Å². The Hall–Kier alpha value is -1.48. The highest BCUT2D eigenvalue weighted by Gasteiger charge is 2.26. The molecule has 1 aromatic rings.